The second-order valence-electron chi connectivity index (χ2n) is 3.98. The first kappa shape index (κ1) is 13.0. The molecule has 1 aliphatic rings. The summed E-state index contributed by atoms with van der Waals surface area (Å²) in [6, 6.07) is 2.27. The van der Waals surface area contributed by atoms with Gasteiger partial charge in [0, 0.05) is 17.2 Å². The molecule has 0 saturated carbocycles. The minimum absolute atomic E-state index is 0.0311. The highest BCUT2D eigenvalue weighted by atomic mass is 32.2. The molecular weight excluding hydrogens is 256 g/mol. The maximum absolute atomic E-state index is 10.9. The first-order valence-electron chi connectivity index (χ1n) is 5.40. The van der Waals surface area contributed by atoms with E-state index in [-0.39, 0.29) is 12.3 Å². The predicted octanol–water partition coefficient (Wildman–Crippen LogP) is 0.355. The number of phenolic OH excluding ortho intramolecular Hbond substituents is 1. The van der Waals surface area contributed by atoms with Crippen LogP contribution >= 0.6 is 11.8 Å². The van der Waals surface area contributed by atoms with E-state index in [1.54, 1.807) is 6.07 Å². The third-order valence-electron chi connectivity index (χ3n) is 2.76. The van der Waals surface area contributed by atoms with Gasteiger partial charge in [0.1, 0.15) is 11.8 Å². The van der Waals surface area contributed by atoms with Crippen LogP contribution in [0.5, 0.6) is 5.75 Å². The minimum atomic E-state index is -0.975. The van der Waals surface area contributed by atoms with Crippen molar-refractivity contribution >= 4 is 23.4 Å². The number of aliphatic hydroxyl groups excluding tert-OH is 1. The Bertz CT molecular complexity index is 480. The number of carboxylic acids is 1. The second kappa shape index (κ2) is 5.05. The first-order chi connectivity index (χ1) is 8.54. The van der Waals surface area contributed by atoms with Crippen LogP contribution in [0, 0.1) is 0 Å². The molecule has 6 N–H and O–H groups in total. The van der Waals surface area contributed by atoms with Crippen LogP contribution in [-0.2, 0) is 4.79 Å². The lowest BCUT2D eigenvalue weighted by atomic mass is 10.1. The molecule has 2 unspecified atom stereocenters. The standard InChI is InChI=1S/C11H14N2O4S/c12-3-8(15)5-1-2-7(14)9-10(5)18-4-6(13-9)11(16)17/h1-2,6,8,13-15H,3-4,12H2,(H,16,17). The summed E-state index contributed by atoms with van der Waals surface area (Å²) in [5.41, 5.74) is 6.37. The van der Waals surface area contributed by atoms with Crippen molar-refractivity contribution in [3.05, 3.63) is 17.7 Å². The van der Waals surface area contributed by atoms with Gasteiger partial charge in [-0.05, 0) is 11.6 Å². The second-order valence-corrected chi connectivity index (χ2v) is 5.01. The quantitative estimate of drug-likeness (QED) is 0.503. The Hall–Kier alpha value is -1.44. The highest BCUT2D eigenvalue weighted by molar-refractivity contribution is 7.99. The average molecular weight is 270 g/mol. The molecule has 2 rings (SSSR count). The van der Waals surface area contributed by atoms with Gasteiger partial charge in [-0.15, -0.1) is 11.8 Å². The van der Waals surface area contributed by atoms with E-state index < -0.39 is 18.1 Å². The van der Waals surface area contributed by atoms with Gasteiger partial charge in [0.15, 0.2) is 0 Å². The lowest BCUT2D eigenvalue weighted by Crippen LogP contribution is -2.34. The van der Waals surface area contributed by atoms with Crippen LogP contribution in [-0.4, -0.2) is 39.6 Å². The fourth-order valence-electron chi connectivity index (χ4n) is 1.79. The molecule has 1 aliphatic heterocycles. The third kappa shape index (κ3) is 2.24. The van der Waals surface area contributed by atoms with Crippen molar-refractivity contribution in [3.8, 4) is 5.75 Å². The fraction of sp³-hybridized carbons (Fsp3) is 0.364. The van der Waals surface area contributed by atoms with Gasteiger partial charge in [-0.25, -0.2) is 4.79 Å². The zero-order valence-electron chi connectivity index (χ0n) is 9.46. The maximum atomic E-state index is 10.9. The zero-order chi connectivity index (χ0) is 13.3. The smallest absolute Gasteiger partial charge is 0.327 e. The molecule has 1 aromatic rings. The summed E-state index contributed by atoms with van der Waals surface area (Å²) < 4.78 is 0. The molecule has 0 radical (unpaired) electrons. The van der Waals surface area contributed by atoms with Crippen molar-refractivity contribution in [3.63, 3.8) is 0 Å². The average Bonchev–Trinajstić information content (AvgIpc) is 2.38. The number of hydrogen-bond donors (Lipinski definition) is 5. The maximum Gasteiger partial charge on any atom is 0.327 e. The summed E-state index contributed by atoms with van der Waals surface area (Å²) in [5, 5.41) is 31.3. The molecular formula is C11H14N2O4S. The van der Waals surface area contributed by atoms with Crippen LogP contribution in [0.1, 0.15) is 11.7 Å². The Morgan fingerprint density at radius 3 is 2.94 bits per heavy atom. The minimum Gasteiger partial charge on any atom is -0.506 e. The van der Waals surface area contributed by atoms with E-state index in [4.69, 9.17) is 10.8 Å². The number of phenols is 1. The molecule has 0 saturated heterocycles. The molecule has 0 bridgehead atoms. The number of anilines is 1. The highest BCUT2D eigenvalue weighted by Gasteiger charge is 2.28. The van der Waals surface area contributed by atoms with Crippen molar-refractivity contribution < 1.29 is 20.1 Å². The van der Waals surface area contributed by atoms with Crippen LogP contribution in [0.4, 0.5) is 5.69 Å². The monoisotopic (exact) mass is 270 g/mol. The van der Waals surface area contributed by atoms with Crippen LogP contribution < -0.4 is 11.1 Å². The Morgan fingerprint density at radius 1 is 1.61 bits per heavy atom. The third-order valence-corrected chi connectivity index (χ3v) is 3.99. The van der Waals surface area contributed by atoms with Crippen LogP contribution in [0.15, 0.2) is 17.0 Å². The number of aliphatic carboxylic acids is 1. The Labute approximate surface area is 108 Å². The summed E-state index contributed by atoms with van der Waals surface area (Å²) in [5.74, 6) is -0.676. The van der Waals surface area contributed by atoms with E-state index in [0.29, 0.717) is 21.9 Å². The van der Waals surface area contributed by atoms with Gasteiger partial charge in [-0.1, -0.05) is 6.07 Å². The summed E-state index contributed by atoms with van der Waals surface area (Å²) >= 11 is 1.29. The number of fused-ring (bicyclic) bond motifs is 1. The molecule has 0 spiro atoms. The van der Waals surface area contributed by atoms with Crippen LogP contribution in [0.3, 0.4) is 0 Å². The molecule has 6 nitrogen and oxygen atoms in total. The topological polar surface area (TPSA) is 116 Å². The molecule has 0 amide bonds. The van der Waals surface area contributed by atoms with Gasteiger partial charge in [0.25, 0.3) is 0 Å². The van der Waals surface area contributed by atoms with E-state index in [1.165, 1.54) is 17.8 Å². The molecule has 0 aromatic heterocycles. The summed E-state index contributed by atoms with van der Waals surface area (Å²) in [7, 11) is 0. The molecule has 0 fully saturated rings. The van der Waals surface area contributed by atoms with Crippen molar-refractivity contribution in [2.75, 3.05) is 17.6 Å². The molecule has 98 valence electrons. The highest BCUT2D eigenvalue weighted by Crippen LogP contribution is 2.43. The molecule has 18 heavy (non-hydrogen) atoms. The van der Waals surface area contributed by atoms with E-state index in [0.717, 1.165) is 0 Å². The summed E-state index contributed by atoms with van der Waals surface area (Å²) in [4.78, 5) is 11.6. The SMILES string of the molecule is NCC(O)c1ccc(O)c2c1SCC(C(=O)O)N2. The number of nitrogens with one attached hydrogen (secondary N) is 1. The van der Waals surface area contributed by atoms with Crippen LogP contribution in [0.2, 0.25) is 0 Å². The molecule has 0 aliphatic carbocycles. The number of rotatable bonds is 3. The number of aliphatic hydroxyl groups is 1. The number of benzene rings is 1. The van der Waals surface area contributed by atoms with Crippen molar-refractivity contribution in [2.45, 2.75) is 17.0 Å². The lowest BCUT2D eigenvalue weighted by Gasteiger charge is -2.27. The molecule has 1 aromatic carbocycles. The molecule has 2 atom stereocenters. The number of aromatic hydroxyl groups is 1. The van der Waals surface area contributed by atoms with Gasteiger partial charge in [0.05, 0.1) is 11.8 Å². The van der Waals surface area contributed by atoms with E-state index in [1.807, 2.05) is 0 Å². The Kier molecular flexibility index (Phi) is 3.65. The number of carbonyl (C=O) groups is 1. The van der Waals surface area contributed by atoms with Gasteiger partial charge in [-0.3, -0.25) is 0 Å². The predicted molar refractivity (Wildman–Crippen MR) is 67.9 cm³/mol. The molecule has 1 heterocycles. The number of nitrogens with two attached hydrogens (primary N) is 1. The summed E-state index contributed by atoms with van der Waals surface area (Å²) in [6.07, 6.45) is -0.824. The molecule has 7 heteroatoms. The van der Waals surface area contributed by atoms with Crippen molar-refractivity contribution in [1.82, 2.24) is 0 Å². The number of carboxylic acid groups (broad SMARTS) is 1. The van der Waals surface area contributed by atoms with E-state index >= 15 is 0 Å². The fourth-order valence-corrected chi connectivity index (χ4v) is 3.03. The number of hydrogen-bond acceptors (Lipinski definition) is 6. The normalized spacial score (nSPS) is 19.8. The van der Waals surface area contributed by atoms with Crippen molar-refractivity contribution in [2.24, 2.45) is 5.73 Å². The first-order valence-corrected chi connectivity index (χ1v) is 6.39. The van der Waals surface area contributed by atoms with Gasteiger partial charge in [-0.2, -0.15) is 0 Å². The van der Waals surface area contributed by atoms with E-state index in [9.17, 15) is 15.0 Å². The van der Waals surface area contributed by atoms with Crippen LogP contribution in [0.25, 0.3) is 0 Å². The van der Waals surface area contributed by atoms with Gasteiger partial charge >= 0.3 is 5.97 Å². The number of thioether (sulfide) groups is 1. The Balaban J connectivity index is 2.42. The largest absolute Gasteiger partial charge is 0.506 e. The summed E-state index contributed by atoms with van der Waals surface area (Å²) in [6.45, 7) is 0.0696. The van der Waals surface area contributed by atoms with Gasteiger partial charge in [0.2, 0.25) is 0 Å². The lowest BCUT2D eigenvalue weighted by molar-refractivity contribution is -0.137. The van der Waals surface area contributed by atoms with Crippen molar-refractivity contribution in [1.29, 1.82) is 0 Å². The Morgan fingerprint density at radius 2 is 2.33 bits per heavy atom. The van der Waals surface area contributed by atoms with E-state index in [2.05, 4.69) is 5.32 Å². The van der Waals surface area contributed by atoms with Gasteiger partial charge < -0.3 is 26.4 Å². The zero-order valence-corrected chi connectivity index (χ0v) is 10.3.